The first-order chi connectivity index (χ1) is 12.8. The van der Waals surface area contributed by atoms with Gasteiger partial charge in [0.1, 0.15) is 18.4 Å². The minimum absolute atomic E-state index is 0.00900. The van der Waals surface area contributed by atoms with Gasteiger partial charge in [-0.1, -0.05) is 48.5 Å². The quantitative estimate of drug-likeness (QED) is 0.770. The predicted octanol–water partition coefficient (Wildman–Crippen LogP) is 2.70. The Morgan fingerprint density at radius 1 is 1.19 bits per heavy atom. The number of benzene rings is 2. The summed E-state index contributed by atoms with van der Waals surface area (Å²) >= 11 is 0. The molecule has 0 fully saturated rings. The van der Waals surface area contributed by atoms with Gasteiger partial charge in [-0.05, 0) is 18.1 Å². The van der Waals surface area contributed by atoms with Gasteiger partial charge in [-0.2, -0.15) is 5.10 Å². The third kappa shape index (κ3) is 3.44. The van der Waals surface area contributed by atoms with Crippen molar-refractivity contribution < 1.29 is 9.53 Å². The molecular weight excluding hydrogens is 328 g/mol. The van der Waals surface area contributed by atoms with E-state index in [9.17, 15) is 4.79 Å². The Hall–Kier alpha value is -3.15. The molecule has 2 unspecified atom stereocenters. The van der Waals surface area contributed by atoms with Crippen molar-refractivity contribution in [1.82, 2.24) is 20.1 Å². The van der Waals surface area contributed by atoms with Crippen LogP contribution in [-0.4, -0.2) is 27.3 Å². The molecule has 0 aliphatic carbocycles. The van der Waals surface area contributed by atoms with Gasteiger partial charge in [0.2, 0.25) is 5.91 Å². The molecule has 0 radical (unpaired) electrons. The molecule has 132 valence electrons. The minimum Gasteiger partial charge on any atom is -0.493 e. The molecule has 1 N–H and O–H groups in total. The molecule has 1 aliphatic heterocycles. The number of para-hydroxylation sites is 1. The Labute approximate surface area is 151 Å². The molecule has 2 atom stereocenters. The largest absolute Gasteiger partial charge is 0.493 e. The summed E-state index contributed by atoms with van der Waals surface area (Å²) in [6.45, 7) is 1.08. The zero-order chi connectivity index (χ0) is 17.8. The lowest BCUT2D eigenvalue weighted by molar-refractivity contribution is -0.124. The van der Waals surface area contributed by atoms with Crippen LogP contribution in [0.2, 0.25) is 0 Å². The lowest BCUT2D eigenvalue weighted by Crippen LogP contribution is -2.36. The van der Waals surface area contributed by atoms with Crippen LogP contribution in [0.3, 0.4) is 0 Å². The van der Waals surface area contributed by atoms with Crippen LogP contribution in [0.1, 0.15) is 29.5 Å². The van der Waals surface area contributed by atoms with Crippen molar-refractivity contribution in [3.63, 3.8) is 0 Å². The van der Waals surface area contributed by atoms with E-state index in [-0.39, 0.29) is 17.9 Å². The Balaban J connectivity index is 1.57. The highest BCUT2D eigenvalue weighted by molar-refractivity contribution is 5.85. The molecule has 0 saturated carbocycles. The van der Waals surface area contributed by atoms with E-state index in [1.807, 2.05) is 54.6 Å². The minimum atomic E-state index is -0.207. The highest BCUT2D eigenvalue weighted by atomic mass is 16.5. The average Bonchev–Trinajstić information content (AvgIpc) is 3.21. The Morgan fingerprint density at radius 2 is 2.00 bits per heavy atom. The second-order valence-corrected chi connectivity index (χ2v) is 6.32. The molecule has 3 aromatic rings. The summed E-state index contributed by atoms with van der Waals surface area (Å²) in [6, 6.07) is 17.5. The summed E-state index contributed by atoms with van der Waals surface area (Å²) in [6.07, 6.45) is 3.83. The molecule has 1 amide bonds. The molecule has 1 aromatic heterocycles. The van der Waals surface area contributed by atoms with E-state index in [0.717, 1.165) is 16.9 Å². The van der Waals surface area contributed by atoms with Crippen LogP contribution in [0.25, 0.3) is 0 Å². The Morgan fingerprint density at radius 3 is 2.81 bits per heavy atom. The summed E-state index contributed by atoms with van der Waals surface area (Å²) in [7, 11) is 0. The molecule has 0 saturated heterocycles. The van der Waals surface area contributed by atoms with E-state index in [1.54, 1.807) is 11.0 Å². The van der Waals surface area contributed by atoms with E-state index in [2.05, 4.69) is 15.4 Å². The molecule has 1 aliphatic rings. The fourth-order valence-corrected chi connectivity index (χ4v) is 3.32. The second kappa shape index (κ2) is 7.39. The maximum Gasteiger partial charge on any atom is 0.228 e. The number of hydrogen-bond acceptors (Lipinski definition) is 4. The number of hydrogen-bond donors (Lipinski definition) is 1. The molecule has 0 spiro atoms. The standard InChI is InChI=1S/C20H20N4O2/c25-20(17-10-11-26-19-9-5-4-8-16(17)19)23-18(12-24-14-21-13-22-24)15-6-2-1-3-7-15/h1-9,13-14,17-18H,10-12H2,(H,23,25). The normalized spacial score (nSPS) is 17.0. The van der Waals surface area contributed by atoms with Gasteiger partial charge < -0.3 is 10.1 Å². The average molecular weight is 348 g/mol. The molecule has 2 heterocycles. The van der Waals surface area contributed by atoms with Gasteiger partial charge in [-0.3, -0.25) is 9.48 Å². The third-order valence-electron chi connectivity index (χ3n) is 4.63. The number of carbonyl (C=O) groups is 1. The van der Waals surface area contributed by atoms with Crippen molar-refractivity contribution in [2.75, 3.05) is 6.61 Å². The highest BCUT2D eigenvalue weighted by Crippen LogP contribution is 2.34. The molecule has 0 bridgehead atoms. The van der Waals surface area contributed by atoms with E-state index in [0.29, 0.717) is 19.6 Å². The van der Waals surface area contributed by atoms with Crippen LogP contribution in [0.4, 0.5) is 0 Å². The van der Waals surface area contributed by atoms with Gasteiger partial charge in [-0.15, -0.1) is 0 Å². The van der Waals surface area contributed by atoms with Gasteiger partial charge in [0.25, 0.3) is 0 Å². The fraction of sp³-hybridized carbons (Fsp3) is 0.250. The van der Waals surface area contributed by atoms with Gasteiger partial charge in [0.15, 0.2) is 0 Å². The van der Waals surface area contributed by atoms with Crippen LogP contribution < -0.4 is 10.1 Å². The Bertz CT molecular complexity index is 865. The molecule has 26 heavy (non-hydrogen) atoms. The van der Waals surface area contributed by atoms with Crippen molar-refractivity contribution in [2.24, 2.45) is 0 Å². The number of fused-ring (bicyclic) bond motifs is 1. The summed E-state index contributed by atoms with van der Waals surface area (Å²) in [5.74, 6) is 0.600. The van der Waals surface area contributed by atoms with Crippen LogP contribution in [0.15, 0.2) is 67.3 Å². The molecule has 6 heteroatoms. The van der Waals surface area contributed by atoms with E-state index in [1.165, 1.54) is 6.33 Å². The first-order valence-electron chi connectivity index (χ1n) is 8.71. The van der Waals surface area contributed by atoms with Crippen molar-refractivity contribution in [2.45, 2.75) is 24.9 Å². The first-order valence-corrected chi connectivity index (χ1v) is 8.71. The second-order valence-electron chi connectivity index (χ2n) is 6.32. The van der Waals surface area contributed by atoms with E-state index < -0.39 is 0 Å². The zero-order valence-corrected chi connectivity index (χ0v) is 14.3. The smallest absolute Gasteiger partial charge is 0.228 e. The van der Waals surface area contributed by atoms with E-state index in [4.69, 9.17) is 4.74 Å². The lowest BCUT2D eigenvalue weighted by Gasteiger charge is -2.27. The topological polar surface area (TPSA) is 69.0 Å². The van der Waals surface area contributed by atoms with Crippen LogP contribution >= 0.6 is 0 Å². The van der Waals surface area contributed by atoms with Crippen molar-refractivity contribution in [3.8, 4) is 5.75 Å². The monoisotopic (exact) mass is 348 g/mol. The molecule has 2 aromatic carbocycles. The number of nitrogens with zero attached hydrogens (tertiary/aromatic N) is 3. The first kappa shape index (κ1) is 16.3. The van der Waals surface area contributed by atoms with Gasteiger partial charge in [-0.25, -0.2) is 4.98 Å². The summed E-state index contributed by atoms with van der Waals surface area (Å²) in [4.78, 5) is 17.1. The number of aromatic nitrogens is 3. The molecule has 4 rings (SSSR count). The third-order valence-corrected chi connectivity index (χ3v) is 4.63. The van der Waals surface area contributed by atoms with Gasteiger partial charge in [0.05, 0.1) is 25.1 Å². The van der Waals surface area contributed by atoms with Crippen LogP contribution in [-0.2, 0) is 11.3 Å². The maximum atomic E-state index is 13.1. The predicted molar refractivity (Wildman–Crippen MR) is 96.6 cm³/mol. The summed E-state index contributed by atoms with van der Waals surface area (Å²) < 4.78 is 7.41. The van der Waals surface area contributed by atoms with Gasteiger partial charge in [0, 0.05) is 5.56 Å². The van der Waals surface area contributed by atoms with E-state index >= 15 is 0 Å². The Kier molecular flexibility index (Phi) is 4.64. The molecular formula is C20H20N4O2. The fourth-order valence-electron chi connectivity index (χ4n) is 3.32. The number of ether oxygens (including phenoxy) is 1. The number of amides is 1. The van der Waals surface area contributed by atoms with Crippen LogP contribution in [0.5, 0.6) is 5.75 Å². The van der Waals surface area contributed by atoms with Crippen molar-refractivity contribution in [3.05, 3.63) is 78.4 Å². The molecule has 6 nitrogen and oxygen atoms in total. The summed E-state index contributed by atoms with van der Waals surface area (Å²) in [5, 5.41) is 7.37. The lowest BCUT2D eigenvalue weighted by atomic mass is 9.91. The maximum absolute atomic E-state index is 13.1. The van der Waals surface area contributed by atoms with Crippen molar-refractivity contribution in [1.29, 1.82) is 0 Å². The van der Waals surface area contributed by atoms with Crippen LogP contribution in [0, 0.1) is 0 Å². The SMILES string of the molecule is O=C(NC(Cn1cncn1)c1ccccc1)C1CCOc2ccccc21. The van der Waals surface area contributed by atoms with Gasteiger partial charge >= 0.3 is 0 Å². The number of rotatable bonds is 5. The number of carbonyl (C=O) groups excluding carboxylic acids is 1. The zero-order valence-electron chi connectivity index (χ0n) is 14.3. The highest BCUT2D eigenvalue weighted by Gasteiger charge is 2.29. The van der Waals surface area contributed by atoms with Crippen molar-refractivity contribution >= 4 is 5.91 Å². The summed E-state index contributed by atoms with van der Waals surface area (Å²) in [5.41, 5.74) is 1.99. The number of nitrogens with one attached hydrogen (secondary N) is 1.